The SMILES string of the molecule is COC1=C(Br)C(O)C2(C=C1Br)CC(C(=O)NCCCOc1c(Br)cc(CC[N+](C)(C)C)cc1Br)=NO2. The monoisotopic (exact) mass is 756 g/mol. The number of hydrogen-bond donors (Lipinski definition) is 2. The largest absolute Gasteiger partial charge is 0.495 e. The third-order valence-electron chi connectivity index (χ3n) is 5.73. The lowest BCUT2D eigenvalue weighted by molar-refractivity contribution is -0.870. The molecule has 0 aromatic heterocycles. The number of halogens is 4. The minimum absolute atomic E-state index is 0.123. The Kier molecular flexibility index (Phi) is 10.1. The van der Waals surface area contributed by atoms with Crippen molar-refractivity contribution in [3.63, 3.8) is 0 Å². The molecular weight excluding hydrogens is 730 g/mol. The normalized spacial score (nSPS) is 21.8. The molecule has 1 aliphatic carbocycles. The molecule has 1 spiro atoms. The Balaban J connectivity index is 1.46. The number of aliphatic hydroxyl groups excluding tert-OH is 1. The Morgan fingerprint density at radius 3 is 2.53 bits per heavy atom. The topological polar surface area (TPSA) is 89.4 Å². The molecule has 1 aliphatic heterocycles. The minimum atomic E-state index is -1.17. The average molecular weight is 760 g/mol. The van der Waals surface area contributed by atoms with Gasteiger partial charge < -0.3 is 29.2 Å². The van der Waals surface area contributed by atoms with Crippen molar-refractivity contribution in [2.45, 2.75) is 31.0 Å². The fourth-order valence-electron chi connectivity index (χ4n) is 3.73. The first-order valence-corrected chi connectivity index (χ1v) is 14.5. The molecule has 36 heavy (non-hydrogen) atoms. The van der Waals surface area contributed by atoms with E-state index in [0.29, 0.717) is 34.3 Å². The summed E-state index contributed by atoms with van der Waals surface area (Å²) in [6.07, 6.45) is 2.30. The third-order valence-corrected chi connectivity index (χ3v) is 8.29. The second-order valence-corrected chi connectivity index (χ2v) is 13.1. The predicted octanol–water partition coefficient (Wildman–Crippen LogP) is 4.77. The molecule has 2 unspecified atom stereocenters. The first-order chi connectivity index (χ1) is 16.9. The number of carbonyl (C=O) groups is 1. The maximum Gasteiger partial charge on any atom is 0.269 e. The summed E-state index contributed by atoms with van der Waals surface area (Å²) in [5.41, 5.74) is 0.263. The van der Waals surface area contributed by atoms with Gasteiger partial charge in [-0.1, -0.05) is 5.16 Å². The van der Waals surface area contributed by atoms with Crippen LogP contribution in [0.15, 0.2) is 47.0 Å². The molecule has 0 fully saturated rings. The van der Waals surface area contributed by atoms with E-state index in [0.717, 1.165) is 32.1 Å². The van der Waals surface area contributed by atoms with E-state index in [-0.39, 0.29) is 18.0 Å². The van der Waals surface area contributed by atoms with Crippen LogP contribution in [0.25, 0.3) is 0 Å². The summed E-state index contributed by atoms with van der Waals surface area (Å²) in [6, 6.07) is 4.17. The highest BCUT2D eigenvalue weighted by molar-refractivity contribution is 9.12. The number of nitrogens with one attached hydrogen (secondary N) is 1. The van der Waals surface area contributed by atoms with Gasteiger partial charge in [0.25, 0.3) is 5.91 Å². The van der Waals surface area contributed by atoms with E-state index in [9.17, 15) is 9.90 Å². The van der Waals surface area contributed by atoms with E-state index in [1.807, 2.05) is 0 Å². The number of allylic oxidation sites excluding steroid dienone is 1. The van der Waals surface area contributed by atoms with Crippen molar-refractivity contribution in [2.75, 3.05) is 47.9 Å². The van der Waals surface area contributed by atoms with Crippen LogP contribution in [0.5, 0.6) is 5.75 Å². The molecule has 12 heteroatoms. The summed E-state index contributed by atoms with van der Waals surface area (Å²) in [6.45, 7) is 1.86. The maximum absolute atomic E-state index is 12.6. The predicted molar refractivity (Wildman–Crippen MR) is 153 cm³/mol. The van der Waals surface area contributed by atoms with Crippen LogP contribution in [0.4, 0.5) is 0 Å². The highest BCUT2D eigenvalue weighted by Crippen LogP contribution is 2.44. The second-order valence-electron chi connectivity index (χ2n) is 9.65. The zero-order chi connectivity index (χ0) is 26.7. The molecule has 2 aliphatic rings. The van der Waals surface area contributed by atoms with Gasteiger partial charge in [0, 0.05) is 19.4 Å². The number of ether oxygens (including phenoxy) is 2. The van der Waals surface area contributed by atoms with E-state index >= 15 is 0 Å². The Morgan fingerprint density at radius 2 is 1.92 bits per heavy atom. The summed E-state index contributed by atoms with van der Waals surface area (Å²) in [7, 11) is 8.03. The number of rotatable bonds is 10. The van der Waals surface area contributed by atoms with Crippen molar-refractivity contribution in [3.05, 3.63) is 47.4 Å². The van der Waals surface area contributed by atoms with Crippen molar-refractivity contribution in [1.29, 1.82) is 0 Å². The molecule has 0 saturated carbocycles. The van der Waals surface area contributed by atoms with Crippen LogP contribution in [0.1, 0.15) is 18.4 Å². The van der Waals surface area contributed by atoms with Gasteiger partial charge in [-0.05, 0) is 93.9 Å². The summed E-state index contributed by atoms with van der Waals surface area (Å²) in [5.74, 6) is 0.862. The molecule has 1 aromatic rings. The Morgan fingerprint density at radius 1 is 1.25 bits per heavy atom. The number of amides is 1. The number of aliphatic hydroxyl groups is 1. The van der Waals surface area contributed by atoms with Gasteiger partial charge in [-0.25, -0.2) is 0 Å². The van der Waals surface area contributed by atoms with Crippen molar-refractivity contribution in [1.82, 2.24) is 5.32 Å². The number of benzene rings is 1. The average Bonchev–Trinajstić information content (AvgIpc) is 3.22. The molecule has 2 N–H and O–H groups in total. The fourth-order valence-corrected chi connectivity index (χ4v) is 7.03. The van der Waals surface area contributed by atoms with Crippen molar-refractivity contribution in [2.24, 2.45) is 5.16 Å². The van der Waals surface area contributed by atoms with Gasteiger partial charge in [0.2, 0.25) is 0 Å². The van der Waals surface area contributed by atoms with Crippen LogP contribution in [-0.2, 0) is 20.8 Å². The first kappa shape index (κ1) is 29.6. The number of methoxy groups -OCH3 is 1. The van der Waals surface area contributed by atoms with E-state index in [1.165, 1.54) is 12.7 Å². The van der Waals surface area contributed by atoms with E-state index in [2.05, 4.69) is 107 Å². The molecule has 198 valence electrons. The van der Waals surface area contributed by atoms with Gasteiger partial charge in [-0.3, -0.25) is 4.79 Å². The van der Waals surface area contributed by atoms with Gasteiger partial charge in [0.05, 0.1) is 59.3 Å². The summed E-state index contributed by atoms with van der Waals surface area (Å²) < 4.78 is 14.9. The molecule has 1 heterocycles. The zero-order valence-electron chi connectivity index (χ0n) is 20.5. The standard InChI is InChI=1S/C24H29Br4N3O5/c1-31(2,3)8-6-14-10-15(25)20(16(26)11-14)35-9-5-7-29-23(33)18-13-24(36-30-18)12-17(27)21(34-4)19(28)22(24)32/h10-12,22,32H,5-9,13H2,1-4H3/p+1. The van der Waals surface area contributed by atoms with Gasteiger partial charge >= 0.3 is 0 Å². The maximum atomic E-state index is 12.6. The fraction of sp³-hybridized carbons (Fsp3) is 0.500. The number of oxime groups is 1. The van der Waals surface area contributed by atoms with Crippen LogP contribution >= 0.6 is 63.7 Å². The highest BCUT2D eigenvalue weighted by Gasteiger charge is 2.50. The molecule has 8 nitrogen and oxygen atoms in total. The Bertz CT molecular complexity index is 1080. The van der Waals surface area contributed by atoms with Gasteiger partial charge in [-0.15, -0.1) is 0 Å². The molecule has 0 radical (unpaired) electrons. The van der Waals surface area contributed by atoms with Crippen LogP contribution < -0.4 is 10.1 Å². The Hall–Kier alpha value is -0.920. The van der Waals surface area contributed by atoms with Crippen molar-refractivity contribution < 1.29 is 28.7 Å². The van der Waals surface area contributed by atoms with E-state index in [4.69, 9.17) is 14.3 Å². The summed E-state index contributed by atoms with van der Waals surface area (Å²) in [4.78, 5) is 18.2. The lowest BCUT2D eigenvalue weighted by atomic mass is 9.87. The lowest BCUT2D eigenvalue weighted by Gasteiger charge is -2.33. The molecule has 2 atom stereocenters. The molecule has 3 rings (SSSR count). The lowest BCUT2D eigenvalue weighted by Crippen LogP contribution is -2.45. The third kappa shape index (κ3) is 7.13. The van der Waals surface area contributed by atoms with Gasteiger partial charge in [-0.2, -0.15) is 0 Å². The number of quaternary nitrogens is 1. The quantitative estimate of drug-likeness (QED) is 0.266. The minimum Gasteiger partial charge on any atom is -0.495 e. The van der Waals surface area contributed by atoms with Crippen LogP contribution in [0.2, 0.25) is 0 Å². The second kappa shape index (κ2) is 12.3. The number of hydrogen-bond acceptors (Lipinski definition) is 6. The smallest absolute Gasteiger partial charge is 0.269 e. The van der Waals surface area contributed by atoms with Crippen molar-refractivity contribution in [3.8, 4) is 5.75 Å². The molecular formula is C24H30Br4N3O5+. The van der Waals surface area contributed by atoms with Crippen molar-refractivity contribution >= 4 is 75.3 Å². The number of likely N-dealkylation sites (N-methyl/N-ethyl adjacent to an activating group) is 1. The first-order valence-electron chi connectivity index (χ1n) is 11.3. The molecule has 1 amide bonds. The zero-order valence-corrected chi connectivity index (χ0v) is 26.9. The van der Waals surface area contributed by atoms with Gasteiger partial charge in [0.15, 0.2) is 5.60 Å². The molecule has 0 saturated heterocycles. The van der Waals surface area contributed by atoms with E-state index in [1.54, 1.807) is 6.08 Å². The van der Waals surface area contributed by atoms with Gasteiger partial charge in [0.1, 0.15) is 23.3 Å². The number of carbonyl (C=O) groups excluding carboxylic acids is 1. The molecule has 0 bridgehead atoms. The van der Waals surface area contributed by atoms with E-state index < -0.39 is 11.7 Å². The summed E-state index contributed by atoms with van der Waals surface area (Å²) in [5, 5.41) is 17.5. The highest BCUT2D eigenvalue weighted by atomic mass is 79.9. The number of nitrogens with zero attached hydrogens (tertiary/aromatic N) is 2. The Labute approximate surface area is 245 Å². The van der Waals surface area contributed by atoms with Crippen LogP contribution in [-0.4, -0.2) is 80.9 Å². The molecule has 1 aromatic carbocycles. The summed E-state index contributed by atoms with van der Waals surface area (Å²) >= 11 is 14.0. The van der Waals surface area contributed by atoms with Crippen LogP contribution in [0, 0.1) is 0 Å². The van der Waals surface area contributed by atoms with Crippen LogP contribution in [0.3, 0.4) is 0 Å².